The summed E-state index contributed by atoms with van der Waals surface area (Å²) >= 11 is 6.39. The van der Waals surface area contributed by atoms with E-state index in [9.17, 15) is 8.42 Å². The second kappa shape index (κ2) is 12.7. The molecule has 3 aromatic rings. The predicted molar refractivity (Wildman–Crippen MR) is 161 cm³/mol. The molecular formula is C29H38ClN6O3S. The molecule has 9 nitrogen and oxygen atoms in total. The molecule has 1 fully saturated rings. The fourth-order valence-electron chi connectivity index (χ4n) is 4.96. The maximum Gasteiger partial charge on any atom is 0.229 e. The summed E-state index contributed by atoms with van der Waals surface area (Å²) in [6.45, 7) is 12.9. The van der Waals surface area contributed by atoms with Crippen LogP contribution in [0.3, 0.4) is 0 Å². The number of hydrogen-bond acceptors (Lipinski definition) is 9. The number of benzene rings is 1. The minimum atomic E-state index is -3.63. The van der Waals surface area contributed by atoms with Gasteiger partial charge in [0.15, 0.2) is 20.7 Å². The van der Waals surface area contributed by atoms with Gasteiger partial charge in [-0.3, -0.25) is 0 Å². The Labute approximate surface area is 242 Å². The van der Waals surface area contributed by atoms with Crippen LogP contribution in [0.4, 0.5) is 23.1 Å². The average Bonchev–Trinajstić information content (AvgIpc) is 2.91. The molecule has 4 rings (SSSR count). The van der Waals surface area contributed by atoms with Crippen LogP contribution in [-0.4, -0.2) is 60.3 Å². The maximum atomic E-state index is 12.8. The molecule has 0 amide bonds. The highest BCUT2D eigenvalue weighted by Gasteiger charge is 2.26. The fourth-order valence-corrected chi connectivity index (χ4v) is 6.18. The van der Waals surface area contributed by atoms with E-state index >= 15 is 0 Å². The van der Waals surface area contributed by atoms with Crippen molar-refractivity contribution in [2.24, 2.45) is 0 Å². The first-order valence-corrected chi connectivity index (χ1v) is 15.4. The molecule has 1 aliphatic heterocycles. The van der Waals surface area contributed by atoms with E-state index in [1.807, 2.05) is 0 Å². The summed E-state index contributed by atoms with van der Waals surface area (Å²) in [5, 5.41) is 5.83. The molecule has 0 saturated carbocycles. The summed E-state index contributed by atoms with van der Waals surface area (Å²) in [5.41, 5.74) is 3.49. The Hall–Kier alpha value is -2.95. The van der Waals surface area contributed by atoms with Gasteiger partial charge in [0.1, 0.15) is 10.8 Å². The van der Waals surface area contributed by atoms with Gasteiger partial charge in [0, 0.05) is 12.7 Å². The van der Waals surface area contributed by atoms with E-state index in [-0.39, 0.29) is 21.8 Å². The van der Waals surface area contributed by atoms with Gasteiger partial charge in [0.05, 0.1) is 29.9 Å². The average molecular weight is 586 g/mol. The third kappa shape index (κ3) is 6.85. The minimum absolute atomic E-state index is 0.0594. The first-order valence-electron chi connectivity index (χ1n) is 13.4. The van der Waals surface area contributed by atoms with Crippen LogP contribution in [0.5, 0.6) is 5.75 Å². The number of likely N-dealkylation sites (tertiary alicyclic amines) is 1. The number of halogens is 1. The summed E-state index contributed by atoms with van der Waals surface area (Å²) in [4.78, 5) is 15.5. The van der Waals surface area contributed by atoms with Crippen LogP contribution in [0.1, 0.15) is 57.6 Å². The fraction of sp³-hybridized carbons (Fsp3) is 0.448. The number of aromatic nitrogens is 3. The second-order valence-corrected chi connectivity index (χ2v) is 13.6. The molecule has 215 valence electrons. The number of nitrogens with zero attached hydrogens (tertiary/aromatic N) is 4. The lowest BCUT2D eigenvalue weighted by molar-refractivity contribution is 0.219. The zero-order valence-electron chi connectivity index (χ0n) is 24.0. The lowest BCUT2D eigenvalue weighted by Gasteiger charge is -2.34. The standard InChI is InChI=1S/C29H38ClN6O3S/c1-18(2)17-36-12-9-21(10-13-36)22-15-26(39-6)25(14-20(22)5)34-29-32-16-23(30)27(35-29)33-24-8-7-11-31-28(24)40(37,38)19(3)4/h7-8,11,14-16,19,21H,9-10,12-13,17H2,1-6H3,(H2,32,33,34,35). The molecule has 11 heteroatoms. The number of piperidine rings is 1. The lowest BCUT2D eigenvalue weighted by Crippen LogP contribution is -2.35. The topological polar surface area (TPSA) is 109 Å². The van der Waals surface area contributed by atoms with Crippen molar-refractivity contribution in [1.29, 1.82) is 0 Å². The van der Waals surface area contributed by atoms with Gasteiger partial charge in [-0.15, -0.1) is 0 Å². The normalized spacial score (nSPS) is 15.0. The Kier molecular flexibility index (Phi) is 9.53. The quantitative estimate of drug-likeness (QED) is 0.283. The van der Waals surface area contributed by atoms with Crippen molar-refractivity contribution in [3.63, 3.8) is 0 Å². The SMILES string of the molecule is COc1cc(C2CCN(C[C](C)C)CC2)c(C)cc1Nc1ncc(Cl)c(Nc2cccnc2S(=O)(=O)C(C)C)n1. The summed E-state index contributed by atoms with van der Waals surface area (Å²) in [6.07, 6.45) is 5.13. The summed E-state index contributed by atoms with van der Waals surface area (Å²) < 4.78 is 31.4. The number of rotatable bonds is 10. The molecule has 1 aliphatic rings. The monoisotopic (exact) mass is 585 g/mol. The van der Waals surface area contributed by atoms with Gasteiger partial charge in [0.2, 0.25) is 5.95 Å². The Balaban J connectivity index is 1.56. The zero-order valence-corrected chi connectivity index (χ0v) is 25.5. The summed E-state index contributed by atoms with van der Waals surface area (Å²) in [7, 11) is -1.98. The third-order valence-electron chi connectivity index (χ3n) is 7.06. The molecule has 0 atom stereocenters. The van der Waals surface area contributed by atoms with Crippen LogP contribution >= 0.6 is 11.6 Å². The molecule has 0 unspecified atom stereocenters. The van der Waals surface area contributed by atoms with Gasteiger partial charge in [0.25, 0.3) is 0 Å². The molecule has 0 aliphatic carbocycles. The number of methoxy groups -OCH3 is 1. The van der Waals surface area contributed by atoms with Crippen LogP contribution in [0.2, 0.25) is 5.02 Å². The zero-order chi connectivity index (χ0) is 29.0. The predicted octanol–water partition coefficient (Wildman–Crippen LogP) is 6.31. The first-order chi connectivity index (χ1) is 19.0. The number of sulfone groups is 1. The Bertz CT molecular complexity index is 1440. The number of pyridine rings is 1. The Morgan fingerprint density at radius 1 is 1.15 bits per heavy atom. The van der Waals surface area contributed by atoms with Crippen molar-refractivity contribution in [2.45, 2.75) is 63.7 Å². The molecule has 1 radical (unpaired) electrons. The Morgan fingerprint density at radius 3 is 2.52 bits per heavy atom. The van der Waals surface area contributed by atoms with Gasteiger partial charge in [-0.05, 0) is 93.9 Å². The number of nitrogens with one attached hydrogen (secondary N) is 2. The number of hydrogen-bond donors (Lipinski definition) is 2. The van der Waals surface area contributed by atoms with Crippen molar-refractivity contribution in [2.75, 3.05) is 37.4 Å². The highest BCUT2D eigenvalue weighted by Crippen LogP contribution is 2.38. The molecule has 2 N–H and O–H groups in total. The van der Waals surface area contributed by atoms with Gasteiger partial charge >= 0.3 is 0 Å². The Morgan fingerprint density at radius 2 is 1.88 bits per heavy atom. The smallest absolute Gasteiger partial charge is 0.229 e. The largest absolute Gasteiger partial charge is 0.495 e. The number of aryl methyl sites for hydroxylation is 1. The van der Waals surface area contributed by atoms with E-state index in [0.717, 1.165) is 38.2 Å². The highest BCUT2D eigenvalue weighted by atomic mass is 35.5. The van der Waals surface area contributed by atoms with E-state index < -0.39 is 15.1 Å². The molecule has 0 spiro atoms. The maximum absolute atomic E-state index is 12.8. The van der Waals surface area contributed by atoms with Crippen LogP contribution in [0.25, 0.3) is 0 Å². The van der Waals surface area contributed by atoms with E-state index in [1.165, 1.54) is 29.4 Å². The summed E-state index contributed by atoms with van der Waals surface area (Å²) in [6, 6.07) is 7.45. The van der Waals surface area contributed by atoms with E-state index in [2.05, 4.69) is 63.4 Å². The van der Waals surface area contributed by atoms with Gasteiger partial charge in [-0.25, -0.2) is 18.4 Å². The van der Waals surface area contributed by atoms with Crippen molar-refractivity contribution >= 4 is 44.6 Å². The van der Waals surface area contributed by atoms with Crippen LogP contribution in [-0.2, 0) is 9.84 Å². The van der Waals surface area contributed by atoms with E-state index in [4.69, 9.17) is 16.3 Å². The summed E-state index contributed by atoms with van der Waals surface area (Å²) in [5.74, 6) is 3.16. The molecule has 1 aromatic carbocycles. The molecular weight excluding hydrogens is 548 g/mol. The van der Waals surface area contributed by atoms with Crippen molar-refractivity contribution < 1.29 is 13.2 Å². The third-order valence-corrected chi connectivity index (χ3v) is 9.44. The number of anilines is 4. The van der Waals surface area contributed by atoms with Crippen LogP contribution in [0.15, 0.2) is 41.7 Å². The number of ether oxygens (including phenoxy) is 1. The lowest BCUT2D eigenvalue weighted by atomic mass is 9.86. The van der Waals surface area contributed by atoms with Crippen molar-refractivity contribution in [3.8, 4) is 5.75 Å². The van der Waals surface area contributed by atoms with Crippen LogP contribution < -0.4 is 15.4 Å². The van der Waals surface area contributed by atoms with Gasteiger partial charge < -0.3 is 20.3 Å². The van der Waals surface area contributed by atoms with E-state index in [1.54, 1.807) is 33.1 Å². The molecule has 40 heavy (non-hydrogen) atoms. The van der Waals surface area contributed by atoms with E-state index in [0.29, 0.717) is 17.4 Å². The first kappa shape index (κ1) is 30.0. The molecule has 1 saturated heterocycles. The molecule has 0 bridgehead atoms. The molecule has 2 aromatic heterocycles. The van der Waals surface area contributed by atoms with Crippen LogP contribution in [0, 0.1) is 12.8 Å². The van der Waals surface area contributed by atoms with Gasteiger partial charge in [-0.2, -0.15) is 4.98 Å². The second-order valence-electron chi connectivity index (χ2n) is 10.8. The molecule has 3 heterocycles. The van der Waals surface area contributed by atoms with Crippen molar-refractivity contribution in [3.05, 3.63) is 58.7 Å². The van der Waals surface area contributed by atoms with Gasteiger partial charge in [-0.1, -0.05) is 25.4 Å². The minimum Gasteiger partial charge on any atom is -0.495 e. The van der Waals surface area contributed by atoms with Crippen molar-refractivity contribution in [1.82, 2.24) is 19.9 Å². The highest BCUT2D eigenvalue weighted by molar-refractivity contribution is 7.92.